The van der Waals surface area contributed by atoms with Crippen LogP contribution in [0.15, 0.2) is 5.16 Å². The van der Waals surface area contributed by atoms with Gasteiger partial charge >= 0.3 is 0 Å². The summed E-state index contributed by atoms with van der Waals surface area (Å²) in [7, 11) is 0. The molecule has 0 amide bonds. The molecule has 4 nitrogen and oxygen atoms in total. The van der Waals surface area contributed by atoms with Gasteiger partial charge in [-0.3, -0.25) is 0 Å². The van der Waals surface area contributed by atoms with Gasteiger partial charge in [0.15, 0.2) is 0 Å². The molecule has 0 aliphatic heterocycles. The second-order valence-electron chi connectivity index (χ2n) is 5.74. The first-order chi connectivity index (χ1) is 8.22. The SMILES string of the molecule is CCC(CC(N)=NO)NCC1CC2CCC1C2. The maximum atomic E-state index is 8.58. The van der Waals surface area contributed by atoms with E-state index < -0.39 is 0 Å². The molecule has 4 unspecified atom stereocenters. The van der Waals surface area contributed by atoms with Gasteiger partial charge in [-0.05, 0) is 50.0 Å². The van der Waals surface area contributed by atoms with Gasteiger partial charge in [-0.2, -0.15) is 0 Å². The molecule has 2 aliphatic rings. The van der Waals surface area contributed by atoms with E-state index in [0.717, 1.165) is 30.7 Å². The minimum absolute atomic E-state index is 0.331. The molecule has 4 atom stereocenters. The van der Waals surface area contributed by atoms with Crippen molar-refractivity contribution in [1.29, 1.82) is 0 Å². The molecule has 2 rings (SSSR count). The lowest BCUT2D eigenvalue weighted by Gasteiger charge is -2.25. The average molecular weight is 239 g/mol. The Hall–Kier alpha value is -0.770. The molecule has 2 saturated carbocycles. The van der Waals surface area contributed by atoms with Gasteiger partial charge < -0.3 is 16.3 Å². The van der Waals surface area contributed by atoms with Crippen LogP contribution in [0.4, 0.5) is 0 Å². The second kappa shape index (κ2) is 5.71. The molecule has 0 aromatic heterocycles. The van der Waals surface area contributed by atoms with Crippen LogP contribution >= 0.6 is 0 Å². The van der Waals surface area contributed by atoms with Crippen LogP contribution < -0.4 is 11.1 Å². The zero-order valence-corrected chi connectivity index (χ0v) is 10.7. The minimum atomic E-state index is 0.331. The van der Waals surface area contributed by atoms with Crippen molar-refractivity contribution < 1.29 is 5.21 Å². The van der Waals surface area contributed by atoms with Gasteiger partial charge in [0.25, 0.3) is 0 Å². The molecule has 2 aliphatic carbocycles. The summed E-state index contributed by atoms with van der Waals surface area (Å²) in [6.07, 6.45) is 7.45. The highest BCUT2D eigenvalue weighted by Gasteiger charge is 2.39. The monoisotopic (exact) mass is 239 g/mol. The van der Waals surface area contributed by atoms with Crippen LogP contribution in [-0.4, -0.2) is 23.6 Å². The van der Waals surface area contributed by atoms with Crippen LogP contribution in [0.2, 0.25) is 0 Å². The minimum Gasteiger partial charge on any atom is -0.409 e. The predicted molar refractivity (Wildman–Crippen MR) is 69.0 cm³/mol. The van der Waals surface area contributed by atoms with E-state index in [2.05, 4.69) is 17.4 Å². The molecule has 0 radical (unpaired) electrons. The number of oxime groups is 1. The maximum Gasteiger partial charge on any atom is 0.140 e. The Balaban J connectivity index is 1.72. The number of hydrogen-bond donors (Lipinski definition) is 3. The number of fused-ring (bicyclic) bond motifs is 2. The lowest BCUT2D eigenvalue weighted by atomic mass is 9.88. The molecule has 4 heteroatoms. The van der Waals surface area contributed by atoms with E-state index in [-0.39, 0.29) is 0 Å². The Kier molecular flexibility index (Phi) is 4.26. The third-order valence-corrected chi connectivity index (χ3v) is 4.63. The summed E-state index contributed by atoms with van der Waals surface area (Å²) in [5, 5.41) is 15.2. The highest BCUT2D eigenvalue weighted by Crippen LogP contribution is 2.47. The molecular formula is C13H25N3O. The van der Waals surface area contributed by atoms with E-state index in [0.29, 0.717) is 18.3 Å². The van der Waals surface area contributed by atoms with Gasteiger partial charge in [0.1, 0.15) is 5.84 Å². The van der Waals surface area contributed by atoms with Crippen LogP contribution in [0.1, 0.15) is 45.4 Å². The van der Waals surface area contributed by atoms with Crippen LogP contribution in [-0.2, 0) is 0 Å². The molecule has 98 valence electrons. The Morgan fingerprint density at radius 1 is 1.47 bits per heavy atom. The van der Waals surface area contributed by atoms with Crippen LogP contribution in [0, 0.1) is 17.8 Å². The fraction of sp³-hybridized carbons (Fsp3) is 0.923. The van der Waals surface area contributed by atoms with Crippen molar-refractivity contribution in [3.05, 3.63) is 0 Å². The Morgan fingerprint density at radius 3 is 2.82 bits per heavy atom. The Bertz CT molecular complexity index is 280. The third-order valence-electron chi connectivity index (χ3n) is 4.63. The van der Waals surface area contributed by atoms with Crippen LogP contribution in [0.3, 0.4) is 0 Å². The smallest absolute Gasteiger partial charge is 0.140 e. The maximum absolute atomic E-state index is 8.58. The summed E-state index contributed by atoms with van der Waals surface area (Å²) < 4.78 is 0. The van der Waals surface area contributed by atoms with Crippen LogP contribution in [0.25, 0.3) is 0 Å². The number of rotatable bonds is 6. The van der Waals surface area contributed by atoms with E-state index in [1.807, 2.05) is 0 Å². The second-order valence-corrected chi connectivity index (χ2v) is 5.74. The summed E-state index contributed by atoms with van der Waals surface area (Å²) >= 11 is 0. The molecule has 0 aromatic rings. The number of nitrogens with two attached hydrogens (primary N) is 1. The summed E-state index contributed by atoms with van der Waals surface area (Å²) in [6.45, 7) is 3.25. The van der Waals surface area contributed by atoms with Crippen molar-refractivity contribution in [1.82, 2.24) is 5.32 Å². The number of nitrogens with one attached hydrogen (secondary N) is 1. The first-order valence-electron chi connectivity index (χ1n) is 6.92. The lowest BCUT2D eigenvalue weighted by molar-refractivity contribution is 0.300. The van der Waals surface area contributed by atoms with Gasteiger partial charge in [-0.1, -0.05) is 18.5 Å². The first kappa shape index (κ1) is 12.7. The zero-order chi connectivity index (χ0) is 12.3. The topological polar surface area (TPSA) is 70.6 Å². The van der Waals surface area contributed by atoms with Crippen molar-refractivity contribution in [2.24, 2.45) is 28.6 Å². The Morgan fingerprint density at radius 2 is 2.29 bits per heavy atom. The number of amidine groups is 1. The summed E-state index contributed by atoms with van der Waals surface area (Å²) in [5.74, 6) is 3.18. The highest BCUT2D eigenvalue weighted by atomic mass is 16.4. The van der Waals surface area contributed by atoms with Gasteiger partial charge in [-0.15, -0.1) is 0 Å². The first-order valence-corrected chi connectivity index (χ1v) is 6.92. The molecule has 4 N–H and O–H groups in total. The molecule has 0 saturated heterocycles. The largest absolute Gasteiger partial charge is 0.409 e. The molecule has 0 spiro atoms. The van der Waals surface area contributed by atoms with Crippen molar-refractivity contribution in [3.63, 3.8) is 0 Å². The van der Waals surface area contributed by atoms with Crippen LogP contribution in [0.5, 0.6) is 0 Å². The van der Waals surface area contributed by atoms with Crippen molar-refractivity contribution in [3.8, 4) is 0 Å². The lowest BCUT2D eigenvalue weighted by Crippen LogP contribution is -2.37. The fourth-order valence-electron chi connectivity index (χ4n) is 3.60. The molecule has 0 aromatic carbocycles. The predicted octanol–water partition coefficient (Wildman–Crippen LogP) is 1.93. The standard InChI is InChI=1S/C13H25N3O/c1-2-12(7-13(14)16-17)15-8-11-6-9-3-4-10(11)5-9/h9-12,15,17H,2-8H2,1H3,(H2,14,16). The number of nitrogens with zero attached hydrogens (tertiary/aromatic N) is 1. The van der Waals surface area contributed by atoms with E-state index in [9.17, 15) is 0 Å². The van der Waals surface area contributed by atoms with Gasteiger partial charge in [0, 0.05) is 12.5 Å². The molecule has 2 bridgehead atoms. The molecule has 17 heavy (non-hydrogen) atoms. The highest BCUT2D eigenvalue weighted by molar-refractivity contribution is 5.80. The number of hydrogen-bond acceptors (Lipinski definition) is 3. The average Bonchev–Trinajstić information content (AvgIpc) is 2.96. The van der Waals surface area contributed by atoms with Gasteiger partial charge in [0.2, 0.25) is 0 Å². The van der Waals surface area contributed by atoms with Crippen molar-refractivity contribution in [2.45, 2.75) is 51.5 Å². The van der Waals surface area contributed by atoms with Gasteiger partial charge in [0.05, 0.1) is 0 Å². The Labute approximate surface area is 104 Å². The van der Waals surface area contributed by atoms with Crippen molar-refractivity contribution >= 4 is 5.84 Å². The fourth-order valence-corrected chi connectivity index (χ4v) is 3.60. The van der Waals surface area contributed by atoms with Crippen molar-refractivity contribution in [2.75, 3.05) is 6.54 Å². The van der Waals surface area contributed by atoms with E-state index >= 15 is 0 Å². The third kappa shape index (κ3) is 3.12. The summed E-state index contributed by atoms with van der Waals surface area (Å²) in [5.41, 5.74) is 5.55. The summed E-state index contributed by atoms with van der Waals surface area (Å²) in [6, 6.07) is 0.352. The molecule has 0 heterocycles. The normalized spacial score (nSPS) is 34.2. The molecular weight excluding hydrogens is 214 g/mol. The zero-order valence-electron chi connectivity index (χ0n) is 10.7. The van der Waals surface area contributed by atoms with E-state index in [4.69, 9.17) is 10.9 Å². The van der Waals surface area contributed by atoms with E-state index in [1.54, 1.807) is 0 Å². The molecule has 2 fully saturated rings. The quantitative estimate of drug-likeness (QED) is 0.287. The van der Waals surface area contributed by atoms with Gasteiger partial charge in [-0.25, -0.2) is 0 Å². The summed E-state index contributed by atoms with van der Waals surface area (Å²) in [4.78, 5) is 0. The van der Waals surface area contributed by atoms with E-state index in [1.165, 1.54) is 25.7 Å².